The molecule has 1 aliphatic heterocycles. The first-order valence-corrected chi connectivity index (χ1v) is 9.82. The van der Waals surface area contributed by atoms with E-state index in [1.54, 1.807) is 44.7 Å². The molecule has 6 nitrogen and oxygen atoms in total. The van der Waals surface area contributed by atoms with Gasteiger partial charge in [0.15, 0.2) is 0 Å². The van der Waals surface area contributed by atoms with Crippen LogP contribution in [-0.2, 0) is 10.0 Å². The number of benzene rings is 1. The van der Waals surface area contributed by atoms with Crippen molar-refractivity contribution in [1.29, 1.82) is 0 Å². The van der Waals surface area contributed by atoms with Gasteiger partial charge in [0.2, 0.25) is 10.0 Å². The molecule has 25 heavy (non-hydrogen) atoms. The lowest BCUT2D eigenvalue weighted by molar-refractivity contribution is 0.193. The maximum atomic E-state index is 13.5. The van der Waals surface area contributed by atoms with Gasteiger partial charge in [-0.3, -0.25) is 0 Å². The third-order valence-corrected chi connectivity index (χ3v) is 6.59. The van der Waals surface area contributed by atoms with Crippen molar-refractivity contribution in [1.82, 2.24) is 9.62 Å². The van der Waals surface area contributed by atoms with E-state index in [4.69, 9.17) is 0 Å². The Balaban J connectivity index is 1.89. The van der Waals surface area contributed by atoms with Gasteiger partial charge < -0.3 is 10.2 Å². The summed E-state index contributed by atoms with van der Waals surface area (Å²) in [5.74, 6) is -0.368. The highest BCUT2D eigenvalue weighted by atomic mass is 32.2. The van der Waals surface area contributed by atoms with Crippen LogP contribution in [0.4, 0.5) is 14.9 Å². The largest absolute Gasteiger partial charge is 0.324 e. The van der Waals surface area contributed by atoms with Crippen molar-refractivity contribution in [3.63, 3.8) is 0 Å². The second-order valence-corrected chi connectivity index (χ2v) is 9.86. The van der Waals surface area contributed by atoms with E-state index in [1.807, 2.05) is 0 Å². The number of halogens is 1. The Morgan fingerprint density at radius 3 is 2.36 bits per heavy atom. The molecule has 140 valence electrons. The Hall–Kier alpha value is -1.67. The topological polar surface area (TPSA) is 78.5 Å². The summed E-state index contributed by atoms with van der Waals surface area (Å²) in [7, 11) is -3.40. The summed E-state index contributed by atoms with van der Waals surface area (Å²) in [6.07, 6.45) is 1.09. The molecule has 1 heterocycles. The second-order valence-electron chi connectivity index (χ2n) is 7.39. The van der Waals surface area contributed by atoms with Crippen molar-refractivity contribution in [2.24, 2.45) is 0 Å². The summed E-state index contributed by atoms with van der Waals surface area (Å²) in [6, 6.07) is 4.07. The van der Waals surface area contributed by atoms with Gasteiger partial charge in [-0.2, -0.15) is 0 Å². The van der Waals surface area contributed by atoms with E-state index in [1.165, 1.54) is 6.07 Å². The lowest BCUT2D eigenvalue weighted by atomic mass is 10.1. The SMILES string of the molecule is Cc1ccc(NC(=O)N2CCC(NS(=O)(=O)C(C)(C)C)CC2)cc1F. The average molecular weight is 371 g/mol. The molecule has 0 unspecified atom stereocenters. The van der Waals surface area contributed by atoms with Gasteiger partial charge in [-0.1, -0.05) is 6.07 Å². The minimum Gasteiger partial charge on any atom is -0.324 e. The highest BCUT2D eigenvalue weighted by molar-refractivity contribution is 7.90. The number of piperidine rings is 1. The lowest BCUT2D eigenvalue weighted by Crippen LogP contribution is -2.50. The molecule has 1 fully saturated rings. The number of rotatable bonds is 3. The van der Waals surface area contributed by atoms with Gasteiger partial charge in [0.05, 0.1) is 4.75 Å². The molecule has 2 amide bonds. The number of amides is 2. The summed E-state index contributed by atoms with van der Waals surface area (Å²) < 4.78 is 39.8. The van der Waals surface area contributed by atoms with Crippen LogP contribution < -0.4 is 10.0 Å². The van der Waals surface area contributed by atoms with E-state index < -0.39 is 14.8 Å². The lowest BCUT2D eigenvalue weighted by Gasteiger charge is -2.33. The Kier molecular flexibility index (Phi) is 5.73. The number of hydrogen-bond donors (Lipinski definition) is 2. The maximum Gasteiger partial charge on any atom is 0.321 e. The van der Waals surface area contributed by atoms with Gasteiger partial charge in [0.25, 0.3) is 0 Å². The van der Waals surface area contributed by atoms with E-state index in [9.17, 15) is 17.6 Å². The Labute approximate surface area is 148 Å². The number of carbonyl (C=O) groups is 1. The Morgan fingerprint density at radius 1 is 1.24 bits per heavy atom. The normalized spacial score (nSPS) is 16.8. The Bertz CT molecular complexity index is 736. The van der Waals surface area contributed by atoms with Crippen LogP contribution in [0.1, 0.15) is 39.2 Å². The summed E-state index contributed by atoms with van der Waals surface area (Å²) in [6.45, 7) is 7.50. The zero-order chi connectivity index (χ0) is 18.8. The number of nitrogens with one attached hydrogen (secondary N) is 2. The number of hydrogen-bond acceptors (Lipinski definition) is 3. The number of sulfonamides is 1. The molecular weight excluding hydrogens is 345 g/mol. The molecule has 1 aromatic rings. The molecule has 0 radical (unpaired) electrons. The highest BCUT2D eigenvalue weighted by Gasteiger charge is 2.33. The van der Waals surface area contributed by atoms with E-state index in [-0.39, 0.29) is 17.9 Å². The minimum atomic E-state index is -3.40. The third kappa shape index (κ3) is 4.92. The first-order chi connectivity index (χ1) is 11.5. The minimum absolute atomic E-state index is 0.176. The first-order valence-electron chi connectivity index (χ1n) is 8.33. The number of urea groups is 1. The third-order valence-electron chi connectivity index (χ3n) is 4.33. The number of carbonyl (C=O) groups excluding carboxylic acids is 1. The monoisotopic (exact) mass is 371 g/mol. The van der Waals surface area contributed by atoms with Crippen LogP contribution >= 0.6 is 0 Å². The van der Waals surface area contributed by atoms with Crippen LogP contribution in [0, 0.1) is 12.7 Å². The predicted molar refractivity (Wildman–Crippen MR) is 96.6 cm³/mol. The zero-order valence-electron chi connectivity index (χ0n) is 15.1. The van der Waals surface area contributed by atoms with Crippen LogP contribution in [0.3, 0.4) is 0 Å². The van der Waals surface area contributed by atoms with E-state index in [0.29, 0.717) is 37.2 Å². The fourth-order valence-corrected chi connectivity index (χ4v) is 3.50. The van der Waals surface area contributed by atoms with Crippen LogP contribution in [0.2, 0.25) is 0 Å². The Morgan fingerprint density at radius 2 is 1.84 bits per heavy atom. The van der Waals surface area contributed by atoms with E-state index in [2.05, 4.69) is 10.0 Å². The van der Waals surface area contributed by atoms with Crippen molar-refractivity contribution in [3.05, 3.63) is 29.6 Å². The van der Waals surface area contributed by atoms with Gasteiger partial charge in [-0.15, -0.1) is 0 Å². The molecule has 1 aliphatic rings. The fraction of sp³-hybridized carbons (Fsp3) is 0.588. The number of nitrogens with zero attached hydrogens (tertiary/aromatic N) is 1. The summed E-state index contributed by atoms with van der Waals surface area (Å²) >= 11 is 0. The number of aryl methyl sites for hydroxylation is 1. The van der Waals surface area contributed by atoms with Crippen molar-refractivity contribution < 1.29 is 17.6 Å². The van der Waals surface area contributed by atoms with Crippen LogP contribution in [0.15, 0.2) is 18.2 Å². The molecule has 0 saturated carbocycles. The fourth-order valence-electron chi connectivity index (χ4n) is 2.47. The van der Waals surface area contributed by atoms with Gasteiger partial charge >= 0.3 is 6.03 Å². The highest BCUT2D eigenvalue weighted by Crippen LogP contribution is 2.19. The first kappa shape index (κ1) is 19.7. The molecule has 0 bridgehead atoms. The average Bonchev–Trinajstić information content (AvgIpc) is 2.50. The van der Waals surface area contributed by atoms with E-state index in [0.717, 1.165) is 0 Å². The molecule has 1 aromatic carbocycles. The van der Waals surface area contributed by atoms with E-state index >= 15 is 0 Å². The van der Waals surface area contributed by atoms with Gasteiger partial charge in [0.1, 0.15) is 5.82 Å². The maximum absolute atomic E-state index is 13.5. The number of likely N-dealkylation sites (tertiary alicyclic amines) is 1. The summed E-state index contributed by atoms with van der Waals surface area (Å²) in [5.41, 5.74) is 0.925. The molecule has 0 aromatic heterocycles. The molecule has 8 heteroatoms. The molecule has 2 N–H and O–H groups in total. The zero-order valence-corrected chi connectivity index (χ0v) is 15.9. The van der Waals surface area contributed by atoms with Crippen LogP contribution in [-0.4, -0.2) is 43.2 Å². The molecular formula is C17H26FN3O3S. The molecule has 0 spiro atoms. The summed E-state index contributed by atoms with van der Waals surface area (Å²) in [4.78, 5) is 13.9. The van der Waals surface area contributed by atoms with Crippen LogP contribution in [0.5, 0.6) is 0 Å². The summed E-state index contributed by atoms with van der Waals surface area (Å²) in [5, 5.41) is 2.68. The smallest absolute Gasteiger partial charge is 0.321 e. The van der Waals surface area contributed by atoms with Gasteiger partial charge in [-0.05, 0) is 58.2 Å². The quantitative estimate of drug-likeness (QED) is 0.858. The molecule has 1 saturated heterocycles. The standard InChI is InChI=1S/C17H26FN3O3S/c1-12-5-6-14(11-15(12)18)19-16(22)21-9-7-13(8-10-21)20-25(23,24)17(2,3)4/h5-6,11,13,20H,7-10H2,1-4H3,(H,19,22). The predicted octanol–water partition coefficient (Wildman–Crippen LogP) is 2.85. The van der Waals surface area contributed by atoms with Crippen molar-refractivity contribution in [2.75, 3.05) is 18.4 Å². The van der Waals surface area contributed by atoms with Gasteiger partial charge in [0, 0.05) is 24.8 Å². The number of anilines is 1. The second kappa shape index (κ2) is 7.29. The molecule has 0 aliphatic carbocycles. The molecule has 0 atom stereocenters. The van der Waals surface area contributed by atoms with Gasteiger partial charge in [-0.25, -0.2) is 22.3 Å². The van der Waals surface area contributed by atoms with Crippen molar-refractivity contribution >= 4 is 21.7 Å². The molecule has 2 rings (SSSR count). The van der Waals surface area contributed by atoms with Crippen molar-refractivity contribution in [3.8, 4) is 0 Å². The van der Waals surface area contributed by atoms with Crippen LogP contribution in [0.25, 0.3) is 0 Å². The van der Waals surface area contributed by atoms with Crippen molar-refractivity contribution in [2.45, 2.75) is 51.3 Å².